The van der Waals surface area contributed by atoms with Crippen molar-refractivity contribution in [3.05, 3.63) is 60.2 Å². The molecule has 1 atom stereocenters. The zero-order chi connectivity index (χ0) is 22.8. The minimum Gasteiger partial charge on any atom is -0.406 e. The number of likely N-dealkylation sites (tertiary alicyclic amines) is 1. The van der Waals surface area contributed by atoms with Crippen molar-refractivity contribution in [3.63, 3.8) is 0 Å². The van der Waals surface area contributed by atoms with Crippen LogP contribution in [0.3, 0.4) is 0 Å². The van der Waals surface area contributed by atoms with Crippen molar-refractivity contribution >= 4 is 11.6 Å². The SMILES string of the molecule is CCC(C(=O)N1CCC2(CC1)CCN(c1ccc(OC(F)(F)F)cc1)C2)c1ccccc1. The number of anilines is 1. The Hall–Kier alpha value is -2.70. The normalized spacial score (nSPS) is 19.2. The third-order valence-corrected chi connectivity index (χ3v) is 6.92. The number of piperidine rings is 1. The Balaban J connectivity index is 1.34. The van der Waals surface area contributed by atoms with Crippen molar-refractivity contribution in [2.24, 2.45) is 5.41 Å². The Labute approximate surface area is 187 Å². The molecule has 0 radical (unpaired) electrons. The van der Waals surface area contributed by atoms with Gasteiger partial charge in [0.05, 0.1) is 5.92 Å². The lowest BCUT2D eigenvalue weighted by Crippen LogP contribution is -2.45. The molecule has 4 rings (SSSR count). The minimum absolute atomic E-state index is 0.0947. The second kappa shape index (κ2) is 9.04. The molecule has 1 amide bonds. The topological polar surface area (TPSA) is 32.8 Å². The number of ether oxygens (including phenoxy) is 1. The van der Waals surface area contributed by atoms with E-state index in [4.69, 9.17) is 0 Å². The highest BCUT2D eigenvalue weighted by atomic mass is 19.4. The molecule has 1 unspecified atom stereocenters. The van der Waals surface area contributed by atoms with E-state index in [9.17, 15) is 18.0 Å². The van der Waals surface area contributed by atoms with E-state index < -0.39 is 6.36 Å². The van der Waals surface area contributed by atoms with Crippen LogP contribution in [-0.4, -0.2) is 43.3 Å². The van der Waals surface area contributed by atoms with Crippen LogP contribution in [0.5, 0.6) is 5.75 Å². The second-order valence-corrected chi connectivity index (χ2v) is 8.91. The first kappa shape index (κ1) is 22.5. The van der Waals surface area contributed by atoms with E-state index in [1.807, 2.05) is 35.2 Å². The standard InChI is InChI=1S/C25H29F3N2O2/c1-2-22(19-6-4-3-5-7-19)23(31)29-15-12-24(13-16-29)14-17-30(18-24)20-8-10-21(11-9-20)32-25(26,27)28/h3-11,22H,2,12-18H2,1H3. The maximum absolute atomic E-state index is 13.2. The van der Waals surface area contributed by atoms with E-state index in [1.54, 1.807) is 12.1 Å². The second-order valence-electron chi connectivity index (χ2n) is 8.91. The molecule has 2 saturated heterocycles. The Morgan fingerprint density at radius 1 is 1.00 bits per heavy atom. The van der Waals surface area contributed by atoms with E-state index in [0.29, 0.717) is 0 Å². The van der Waals surface area contributed by atoms with Gasteiger partial charge in [-0.3, -0.25) is 4.79 Å². The van der Waals surface area contributed by atoms with Crippen LogP contribution in [0.2, 0.25) is 0 Å². The molecule has 0 aromatic heterocycles. The number of rotatable bonds is 5. The maximum Gasteiger partial charge on any atom is 0.573 e. The summed E-state index contributed by atoms with van der Waals surface area (Å²) >= 11 is 0. The largest absolute Gasteiger partial charge is 0.573 e. The molecular weight excluding hydrogens is 417 g/mol. The number of carbonyl (C=O) groups is 1. The first-order chi connectivity index (χ1) is 15.3. The van der Waals surface area contributed by atoms with E-state index >= 15 is 0 Å². The van der Waals surface area contributed by atoms with Crippen LogP contribution < -0.4 is 9.64 Å². The summed E-state index contributed by atoms with van der Waals surface area (Å²) in [5.74, 6) is -0.0858. The fraction of sp³-hybridized carbons (Fsp3) is 0.480. The number of amides is 1. The van der Waals surface area contributed by atoms with Gasteiger partial charge >= 0.3 is 6.36 Å². The highest BCUT2D eigenvalue weighted by Gasteiger charge is 2.42. The first-order valence-corrected chi connectivity index (χ1v) is 11.2. The van der Waals surface area contributed by atoms with Gasteiger partial charge in [0.15, 0.2) is 0 Å². The van der Waals surface area contributed by atoms with Gasteiger partial charge in [0.25, 0.3) is 0 Å². The molecule has 2 aromatic rings. The summed E-state index contributed by atoms with van der Waals surface area (Å²) in [6.07, 6.45) is -0.953. The Morgan fingerprint density at radius 2 is 1.62 bits per heavy atom. The van der Waals surface area contributed by atoms with Crippen molar-refractivity contribution in [1.29, 1.82) is 0 Å². The molecule has 32 heavy (non-hydrogen) atoms. The number of hydrogen-bond acceptors (Lipinski definition) is 3. The van der Waals surface area contributed by atoms with Crippen LogP contribution in [0.4, 0.5) is 18.9 Å². The van der Waals surface area contributed by atoms with Crippen LogP contribution in [0, 0.1) is 5.41 Å². The Bertz CT molecular complexity index is 907. The predicted octanol–water partition coefficient (Wildman–Crippen LogP) is 5.60. The summed E-state index contributed by atoms with van der Waals surface area (Å²) in [6, 6.07) is 16.1. The first-order valence-electron chi connectivity index (χ1n) is 11.2. The molecule has 4 nitrogen and oxygen atoms in total. The Kier molecular flexibility index (Phi) is 6.35. The predicted molar refractivity (Wildman–Crippen MR) is 118 cm³/mol. The van der Waals surface area contributed by atoms with Gasteiger partial charge in [-0.1, -0.05) is 37.3 Å². The molecule has 7 heteroatoms. The van der Waals surface area contributed by atoms with Crippen LogP contribution in [0.15, 0.2) is 54.6 Å². The monoisotopic (exact) mass is 446 g/mol. The van der Waals surface area contributed by atoms with Crippen LogP contribution >= 0.6 is 0 Å². The highest BCUT2D eigenvalue weighted by Crippen LogP contribution is 2.42. The van der Waals surface area contributed by atoms with Gasteiger partial charge in [-0.25, -0.2) is 0 Å². The summed E-state index contributed by atoms with van der Waals surface area (Å²) in [7, 11) is 0. The van der Waals surface area contributed by atoms with Crippen molar-refractivity contribution in [2.45, 2.75) is 44.9 Å². The van der Waals surface area contributed by atoms with Crippen LogP contribution in [0.25, 0.3) is 0 Å². The molecule has 2 fully saturated rings. The van der Waals surface area contributed by atoms with E-state index in [0.717, 1.165) is 63.1 Å². The van der Waals surface area contributed by atoms with Gasteiger partial charge in [0.1, 0.15) is 5.75 Å². The quantitative estimate of drug-likeness (QED) is 0.600. The summed E-state index contributed by atoms with van der Waals surface area (Å²) < 4.78 is 41.1. The third-order valence-electron chi connectivity index (χ3n) is 6.92. The van der Waals surface area contributed by atoms with E-state index in [2.05, 4.69) is 16.6 Å². The number of benzene rings is 2. The third kappa shape index (κ3) is 5.03. The number of hydrogen-bond donors (Lipinski definition) is 0. The maximum atomic E-state index is 13.2. The van der Waals surface area contributed by atoms with Crippen molar-refractivity contribution < 1.29 is 22.7 Å². The molecule has 0 N–H and O–H groups in total. The Morgan fingerprint density at radius 3 is 2.22 bits per heavy atom. The average Bonchev–Trinajstić information content (AvgIpc) is 3.18. The molecule has 0 aliphatic carbocycles. The smallest absolute Gasteiger partial charge is 0.406 e. The van der Waals surface area contributed by atoms with Crippen molar-refractivity contribution in [1.82, 2.24) is 4.90 Å². The molecule has 0 saturated carbocycles. The average molecular weight is 447 g/mol. The molecule has 2 aromatic carbocycles. The molecular formula is C25H29F3N2O2. The van der Waals surface area contributed by atoms with Gasteiger partial charge < -0.3 is 14.5 Å². The highest BCUT2D eigenvalue weighted by molar-refractivity contribution is 5.83. The van der Waals surface area contributed by atoms with Gasteiger partial charge in [0.2, 0.25) is 5.91 Å². The fourth-order valence-corrected chi connectivity index (χ4v) is 5.08. The minimum atomic E-state index is -4.68. The molecule has 2 aliphatic heterocycles. The zero-order valence-corrected chi connectivity index (χ0v) is 18.3. The molecule has 2 aliphatic rings. The fourth-order valence-electron chi connectivity index (χ4n) is 5.08. The van der Waals surface area contributed by atoms with Crippen molar-refractivity contribution in [3.8, 4) is 5.75 Å². The zero-order valence-electron chi connectivity index (χ0n) is 18.3. The molecule has 172 valence electrons. The summed E-state index contributed by atoms with van der Waals surface area (Å²) in [6.45, 7) is 5.31. The lowest BCUT2D eigenvalue weighted by Gasteiger charge is -2.40. The lowest BCUT2D eigenvalue weighted by atomic mass is 9.77. The summed E-state index contributed by atoms with van der Waals surface area (Å²) in [4.78, 5) is 17.4. The van der Waals surface area contributed by atoms with Gasteiger partial charge in [-0.2, -0.15) is 0 Å². The van der Waals surface area contributed by atoms with Crippen LogP contribution in [-0.2, 0) is 4.79 Å². The molecule has 1 spiro atoms. The van der Waals surface area contributed by atoms with Gasteiger partial charge in [0, 0.05) is 31.9 Å². The summed E-state index contributed by atoms with van der Waals surface area (Å²) in [5.41, 5.74) is 2.14. The number of nitrogens with zero attached hydrogens (tertiary/aromatic N) is 2. The van der Waals surface area contributed by atoms with E-state index in [1.165, 1.54) is 12.1 Å². The lowest BCUT2D eigenvalue weighted by molar-refractivity contribution is -0.274. The van der Waals surface area contributed by atoms with Gasteiger partial charge in [-0.15, -0.1) is 13.2 Å². The molecule has 0 bridgehead atoms. The van der Waals surface area contributed by atoms with Crippen LogP contribution in [0.1, 0.15) is 44.1 Å². The van der Waals surface area contributed by atoms with Crippen molar-refractivity contribution in [2.75, 3.05) is 31.1 Å². The van der Waals surface area contributed by atoms with Gasteiger partial charge in [-0.05, 0) is 60.9 Å². The number of halogens is 3. The number of carbonyl (C=O) groups excluding carboxylic acids is 1. The summed E-state index contributed by atoms with van der Waals surface area (Å²) in [5, 5.41) is 0. The molecule has 2 heterocycles. The van der Waals surface area contributed by atoms with E-state index in [-0.39, 0.29) is 23.0 Å². The number of alkyl halides is 3.